The van der Waals surface area contributed by atoms with Gasteiger partial charge < -0.3 is 14.1 Å². The first-order chi connectivity index (χ1) is 11.7. The molecule has 0 aromatic carbocycles. The summed E-state index contributed by atoms with van der Waals surface area (Å²) in [4.78, 5) is 4.49. The van der Waals surface area contributed by atoms with Crippen molar-refractivity contribution in [1.29, 1.82) is 0 Å². The molecule has 1 aliphatic heterocycles. The number of hydrogen-bond donors (Lipinski definition) is 0. The van der Waals surface area contributed by atoms with Crippen LogP contribution >= 0.6 is 0 Å². The fourth-order valence-corrected chi connectivity index (χ4v) is 3.17. The first-order valence-corrected chi connectivity index (χ1v) is 8.56. The minimum Gasteiger partial charge on any atom is -0.468 e. The van der Waals surface area contributed by atoms with E-state index in [2.05, 4.69) is 41.1 Å². The second kappa shape index (κ2) is 7.92. The van der Waals surface area contributed by atoms with E-state index in [1.807, 2.05) is 16.8 Å². The molecule has 2 aromatic rings. The fourth-order valence-electron chi connectivity index (χ4n) is 3.17. The van der Waals surface area contributed by atoms with Crippen molar-refractivity contribution in [2.24, 2.45) is 0 Å². The fraction of sp³-hybridized carbons (Fsp3) is 0.647. The molecular weight excluding hydrogens is 306 g/mol. The lowest BCUT2D eigenvalue weighted by Crippen LogP contribution is -2.36. The second-order valence-electron chi connectivity index (χ2n) is 6.56. The molecule has 0 saturated heterocycles. The van der Waals surface area contributed by atoms with E-state index >= 15 is 0 Å². The number of fused-ring (bicyclic) bond motifs is 1. The average Bonchev–Trinajstić information content (AvgIpc) is 3.20. The van der Waals surface area contributed by atoms with Crippen LogP contribution in [0.5, 0.6) is 0 Å². The molecule has 1 atom stereocenters. The van der Waals surface area contributed by atoms with Gasteiger partial charge in [0.25, 0.3) is 0 Å². The van der Waals surface area contributed by atoms with Crippen molar-refractivity contribution in [2.75, 3.05) is 40.4 Å². The minimum atomic E-state index is 0.292. The van der Waals surface area contributed by atoms with Crippen molar-refractivity contribution >= 4 is 0 Å². The highest BCUT2D eigenvalue weighted by Crippen LogP contribution is 2.28. The third kappa shape index (κ3) is 4.03. The van der Waals surface area contributed by atoms with Crippen LogP contribution in [0.2, 0.25) is 0 Å². The second-order valence-corrected chi connectivity index (χ2v) is 6.56. The molecule has 1 aliphatic rings. The summed E-state index contributed by atoms with van der Waals surface area (Å²) in [5.41, 5.74) is 2.30. The van der Waals surface area contributed by atoms with Crippen LogP contribution in [0.1, 0.15) is 30.0 Å². The molecule has 132 valence electrons. The molecule has 24 heavy (non-hydrogen) atoms. The smallest absolute Gasteiger partial charge is 0.117 e. The topological polar surface area (TPSA) is 59.6 Å². The highest BCUT2D eigenvalue weighted by atomic mass is 16.5. The van der Waals surface area contributed by atoms with Gasteiger partial charge in [-0.1, -0.05) is 5.21 Å². The van der Waals surface area contributed by atoms with Gasteiger partial charge in [0.05, 0.1) is 31.7 Å². The number of likely N-dealkylation sites (N-methyl/N-ethyl adjacent to an activating group) is 1. The highest BCUT2D eigenvalue weighted by molar-refractivity contribution is 5.20. The van der Waals surface area contributed by atoms with Gasteiger partial charge in [-0.15, -0.1) is 5.10 Å². The van der Waals surface area contributed by atoms with Crippen LogP contribution in [0, 0.1) is 0 Å². The molecule has 2 aromatic heterocycles. The van der Waals surface area contributed by atoms with E-state index in [1.165, 1.54) is 5.69 Å². The summed E-state index contributed by atoms with van der Waals surface area (Å²) in [5.74, 6) is 1.27. The molecule has 0 radical (unpaired) electrons. The van der Waals surface area contributed by atoms with Crippen molar-refractivity contribution in [1.82, 2.24) is 24.8 Å². The summed E-state index contributed by atoms with van der Waals surface area (Å²) in [5, 5.41) is 8.70. The van der Waals surface area contributed by atoms with Crippen molar-refractivity contribution < 1.29 is 9.15 Å². The first-order valence-electron chi connectivity index (χ1n) is 8.56. The Hall–Kier alpha value is -1.70. The van der Waals surface area contributed by atoms with Crippen LogP contribution in [-0.4, -0.2) is 65.2 Å². The number of nitrogens with zero attached hydrogens (tertiary/aromatic N) is 5. The third-order valence-electron chi connectivity index (χ3n) is 4.35. The summed E-state index contributed by atoms with van der Waals surface area (Å²) in [7, 11) is 4.12. The van der Waals surface area contributed by atoms with Crippen molar-refractivity contribution in [2.45, 2.75) is 32.5 Å². The molecular formula is C17H27N5O2. The maximum Gasteiger partial charge on any atom is 0.117 e. The molecule has 7 heteroatoms. The van der Waals surface area contributed by atoms with Crippen LogP contribution in [-0.2, 0) is 24.4 Å². The molecule has 7 nitrogen and oxygen atoms in total. The Morgan fingerprint density at radius 2 is 2.29 bits per heavy atom. The number of aromatic nitrogens is 3. The molecule has 3 rings (SSSR count). The van der Waals surface area contributed by atoms with Gasteiger partial charge in [0.15, 0.2) is 0 Å². The molecule has 3 heterocycles. The zero-order valence-corrected chi connectivity index (χ0v) is 14.8. The Labute approximate surface area is 143 Å². The van der Waals surface area contributed by atoms with Gasteiger partial charge in [-0.05, 0) is 33.2 Å². The van der Waals surface area contributed by atoms with Crippen LogP contribution in [0.25, 0.3) is 0 Å². The molecule has 0 saturated carbocycles. The van der Waals surface area contributed by atoms with E-state index in [4.69, 9.17) is 9.15 Å². The summed E-state index contributed by atoms with van der Waals surface area (Å²) in [6.07, 6.45) is 1.72. The summed E-state index contributed by atoms with van der Waals surface area (Å²) in [6.45, 7) is 7.85. The summed E-state index contributed by atoms with van der Waals surface area (Å²) < 4.78 is 13.4. The molecule has 0 bridgehead atoms. The standard InChI is InChI=1S/C17H27N5O2/c1-4-22-17-14(13-23-9-7-20(2)3)10-21(12-16(17)18-19-22)11-15-6-5-8-24-15/h5-6,8,14H,4,7,9-13H2,1-3H3. The Bertz CT molecular complexity index is 623. The molecule has 0 fully saturated rings. The van der Waals surface area contributed by atoms with Gasteiger partial charge in [0, 0.05) is 32.1 Å². The van der Waals surface area contributed by atoms with Crippen LogP contribution < -0.4 is 0 Å². The number of hydrogen-bond acceptors (Lipinski definition) is 6. The first kappa shape index (κ1) is 17.1. The molecule has 0 aliphatic carbocycles. The predicted molar refractivity (Wildman–Crippen MR) is 90.6 cm³/mol. The van der Waals surface area contributed by atoms with E-state index < -0.39 is 0 Å². The average molecular weight is 333 g/mol. The largest absolute Gasteiger partial charge is 0.468 e. The van der Waals surface area contributed by atoms with Gasteiger partial charge in [0.1, 0.15) is 11.5 Å². The van der Waals surface area contributed by atoms with E-state index in [9.17, 15) is 0 Å². The lowest BCUT2D eigenvalue weighted by molar-refractivity contribution is 0.0817. The van der Waals surface area contributed by atoms with Crippen molar-refractivity contribution in [3.05, 3.63) is 35.5 Å². The Balaban J connectivity index is 1.68. The normalized spacial score (nSPS) is 18.2. The van der Waals surface area contributed by atoms with Gasteiger partial charge in [0.2, 0.25) is 0 Å². The predicted octanol–water partition coefficient (Wildman–Crippen LogP) is 1.57. The highest BCUT2D eigenvalue weighted by Gasteiger charge is 2.31. The number of aryl methyl sites for hydroxylation is 1. The molecule has 0 amide bonds. The maximum absolute atomic E-state index is 5.93. The third-order valence-corrected chi connectivity index (χ3v) is 4.35. The number of rotatable bonds is 8. The summed E-state index contributed by atoms with van der Waals surface area (Å²) in [6, 6.07) is 3.95. The van der Waals surface area contributed by atoms with Crippen LogP contribution in [0.3, 0.4) is 0 Å². The van der Waals surface area contributed by atoms with E-state index in [0.29, 0.717) is 12.5 Å². The molecule has 1 unspecified atom stereocenters. The van der Waals surface area contributed by atoms with E-state index in [0.717, 1.165) is 50.8 Å². The molecule has 0 N–H and O–H groups in total. The van der Waals surface area contributed by atoms with E-state index in [1.54, 1.807) is 6.26 Å². The minimum absolute atomic E-state index is 0.292. The zero-order chi connectivity index (χ0) is 16.9. The van der Waals surface area contributed by atoms with Gasteiger partial charge >= 0.3 is 0 Å². The van der Waals surface area contributed by atoms with Crippen molar-refractivity contribution in [3.8, 4) is 0 Å². The van der Waals surface area contributed by atoms with E-state index in [-0.39, 0.29) is 0 Å². The number of furan rings is 1. The monoisotopic (exact) mass is 333 g/mol. The van der Waals surface area contributed by atoms with Crippen molar-refractivity contribution in [3.63, 3.8) is 0 Å². The molecule has 0 spiro atoms. The van der Waals surface area contributed by atoms with Gasteiger partial charge in [-0.3, -0.25) is 4.90 Å². The Kier molecular flexibility index (Phi) is 5.65. The Morgan fingerprint density at radius 3 is 3.00 bits per heavy atom. The lowest BCUT2D eigenvalue weighted by atomic mass is 9.98. The summed E-state index contributed by atoms with van der Waals surface area (Å²) >= 11 is 0. The van der Waals surface area contributed by atoms with Gasteiger partial charge in [-0.2, -0.15) is 0 Å². The van der Waals surface area contributed by atoms with Gasteiger partial charge in [-0.25, -0.2) is 4.68 Å². The quantitative estimate of drug-likeness (QED) is 0.684. The van der Waals surface area contributed by atoms with Crippen LogP contribution in [0.4, 0.5) is 0 Å². The maximum atomic E-state index is 5.93. The zero-order valence-electron chi connectivity index (χ0n) is 14.8. The Morgan fingerprint density at radius 1 is 1.42 bits per heavy atom. The number of ether oxygens (including phenoxy) is 1. The SMILES string of the molecule is CCn1nnc2c1C(COCCN(C)C)CN(Cc1ccco1)C2. The lowest BCUT2D eigenvalue weighted by Gasteiger charge is -2.31. The van der Waals surface area contributed by atoms with Crippen LogP contribution in [0.15, 0.2) is 22.8 Å².